The van der Waals surface area contributed by atoms with Crippen molar-refractivity contribution in [2.75, 3.05) is 30.7 Å². The summed E-state index contributed by atoms with van der Waals surface area (Å²) in [6.07, 6.45) is 3.88. The number of fused-ring (bicyclic) bond motifs is 1. The fourth-order valence-electron chi connectivity index (χ4n) is 3.93. The maximum Gasteiger partial charge on any atom is 0.348 e. The van der Waals surface area contributed by atoms with Crippen LogP contribution in [0.15, 0.2) is 34.1 Å². The number of anilines is 1. The molecule has 32 heavy (non-hydrogen) atoms. The molecule has 1 heterocycles. The number of nitrogens with zero attached hydrogens (tertiary/aromatic N) is 3. The van der Waals surface area contributed by atoms with Crippen LogP contribution in [0, 0.1) is 0 Å². The van der Waals surface area contributed by atoms with Crippen LogP contribution in [0.3, 0.4) is 0 Å². The van der Waals surface area contributed by atoms with Crippen LogP contribution in [0.25, 0.3) is 0 Å². The third kappa shape index (κ3) is 5.98. The first-order chi connectivity index (χ1) is 15.4. The van der Waals surface area contributed by atoms with Crippen molar-refractivity contribution in [3.8, 4) is 0 Å². The second-order valence-corrected chi connectivity index (χ2v) is 8.75. The highest BCUT2D eigenvalue weighted by molar-refractivity contribution is 8.00. The van der Waals surface area contributed by atoms with Crippen molar-refractivity contribution in [1.29, 1.82) is 0 Å². The molecule has 3 N–H and O–H groups in total. The standard InChI is InChI=1S/C23H31N5O3S/c1-3-27(4-2)13-14-28-19-8-6-5-7-18(19)22(26-23(28)31)32-15-20(29)25-17-11-9-16(10-12-17)21(24)30/h9-12H,3-8,13-15H2,1-2H3,(H2,24,30)(H,25,29). The van der Waals surface area contributed by atoms with Gasteiger partial charge in [-0.15, -0.1) is 0 Å². The first kappa shape index (κ1) is 24.0. The van der Waals surface area contributed by atoms with Crippen molar-refractivity contribution in [1.82, 2.24) is 14.5 Å². The van der Waals surface area contributed by atoms with Crippen LogP contribution < -0.4 is 16.7 Å². The van der Waals surface area contributed by atoms with Gasteiger partial charge in [0.2, 0.25) is 11.8 Å². The Morgan fingerprint density at radius 2 is 1.84 bits per heavy atom. The Bertz CT molecular complexity index is 1020. The minimum absolute atomic E-state index is 0.153. The molecular formula is C23H31N5O3S. The van der Waals surface area contributed by atoms with E-state index in [1.807, 2.05) is 4.57 Å². The number of primary amides is 1. The molecule has 0 spiro atoms. The number of likely N-dealkylation sites (N-methyl/N-ethyl adjacent to an activating group) is 1. The second kappa shape index (κ2) is 11.3. The van der Waals surface area contributed by atoms with Crippen LogP contribution in [0.5, 0.6) is 0 Å². The van der Waals surface area contributed by atoms with Crippen LogP contribution >= 0.6 is 11.8 Å². The van der Waals surface area contributed by atoms with Crippen LogP contribution in [-0.2, 0) is 24.2 Å². The third-order valence-electron chi connectivity index (χ3n) is 5.78. The van der Waals surface area contributed by atoms with E-state index in [9.17, 15) is 14.4 Å². The zero-order chi connectivity index (χ0) is 23.1. The van der Waals surface area contributed by atoms with Gasteiger partial charge in [0, 0.05) is 35.6 Å². The van der Waals surface area contributed by atoms with E-state index in [0.717, 1.165) is 56.6 Å². The Morgan fingerprint density at radius 1 is 1.16 bits per heavy atom. The van der Waals surface area contributed by atoms with E-state index in [1.54, 1.807) is 24.3 Å². The minimum Gasteiger partial charge on any atom is -0.366 e. The quantitative estimate of drug-likeness (QED) is 0.418. The summed E-state index contributed by atoms with van der Waals surface area (Å²) in [6.45, 7) is 7.62. The van der Waals surface area contributed by atoms with E-state index in [0.29, 0.717) is 22.8 Å². The SMILES string of the molecule is CCN(CC)CCn1c2c(c(SCC(=O)Nc3ccc(C(N)=O)cc3)nc1=O)CCCC2. The molecule has 2 aromatic rings. The number of amides is 2. The summed E-state index contributed by atoms with van der Waals surface area (Å²) in [5, 5.41) is 3.47. The molecule has 1 aliphatic carbocycles. The molecule has 1 aromatic heterocycles. The molecule has 0 aliphatic heterocycles. The van der Waals surface area contributed by atoms with E-state index in [-0.39, 0.29) is 17.3 Å². The predicted octanol–water partition coefficient (Wildman–Crippen LogP) is 2.29. The average molecular weight is 458 g/mol. The smallest absolute Gasteiger partial charge is 0.348 e. The molecule has 1 aliphatic rings. The number of rotatable bonds is 10. The Morgan fingerprint density at radius 3 is 2.50 bits per heavy atom. The average Bonchev–Trinajstić information content (AvgIpc) is 2.80. The molecule has 0 radical (unpaired) electrons. The van der Waals surface area contributed by atoms with Gasteiger partial charge in [-0.25, -0.2) is 4.79 Å². The molecule has 0 fully saturated rings. The number of nitrogens with one attached hydrogen (secondary N) is 1. The van der Waals surface area contributed by atoms with E-state index in [4.69, 9.17) is 5.73 Å². The van der Waals surface area contributed by atoms with Crippen LogP contribution in [0.4, 0.5) is 5.69 Å². The molecule has 9 heteroatoms. The first-order valence-corrected chi connectivity index (χ1v) is 12.1. The molecule has 0 saturated heterocycles. The third-order valence-corrected chi connectivity index (χ3v) is 6.80. The van der Waals surface area contributed by atoms with Gasteiger partial charge in [0.05, 0.1) is 5.75 Å². The molecule has 0 unspecified atom stereocenters. The summed E-state index contributed by atoms with van der Waals surface area (Å²) in [5.74, 6) is -0.556. The monoisotopic (exact) mass is 457 g/mol. The molecule has 3 rings (SSSR count). The van der Waals surface area contributed by atoms with Gasteiger partial charge in [0.1, 0.15) is 5.03 Å². The number of aromatic nitrogens is 2. The van der Waals surface area contributed by atoms with Crippen molar-refractivity contribution >= 4 is 29.3 Å². The second-order valence-electron chi connectivity index (χ2n) is 7.79. The maximum atomic E-state index is 12.8. The largest absolute Gasteiger partial charge is 0.366 e. The van der Waals surface area contributed by atoms with Gasteiger partial charge in [-0.1, -0.05) is 25.6 Å². The van der Waals surface area contributed by atoms with Gasteiger partial charge in [0.25, 0.3) is 0 Å². The van der Waals surface area contributed by atoms with Crippen molar-refractivity contribution in [2.45, 2.75) is 51.1 Å². The van der Waals surface area contributed by atoms with Gasteiger partial charge in [-0.05, 0) is 63.0 Å². The Kier molecular flexibility index (Phi) is 8.46. The lowest BCUT2D eigenvalue weighted by molar-refractivity contribution is -0.113. The van der Waals surface area contributed by atoms with Gasteiger partial charge >= 0.3 is 5.69 Å². The topological polar surface area (TPSA) is 110 Å². The number of carbonyl (C=O) groups excluding carboxylic acids is 2. The van der Waals surface area contributed by atoms with Gasteiger partial charge in [0.15, 0.2) is 0 Å². The van der Waals surface area contributed by atoms with Crippen molar-refractivity contribution in [2.24, 2.45) is 5.73 Å². The molecule has 8 nitrogen and oxygen atoms in total. The molecule has 1 aromatic carbocycles. The molecule has 0 saturated carbocycles. The van der Waals surface area contributed by atoms with Crippen LogP contribution in [0.2, 0.25) is 0 Å². The van der Waals surface area contributed by atoms with Gasteiger partial charge in [-0.3, -0.25) is 14.2 Å². The van der Waals surface area contributed by atoms with Crippen molar-refractivity contribution in [3.63, 3.8) is 0 Å². The lowest BCUT2D eigenvalue weighted by Gasteiger charge is -2.24. The van der Waals surface area contributed by atoms with Crippen molar-refractivity contribution < 1.29 is 9.59 Å². The Hall–Kier alpha value is -2.65. The summed E-state index contributed by atoms with van der Waals surface area (Å²) >= 11 is 1.31. The highest BCUT2D eigenvalue weighted by atomic mass is 32.2. The number of benzene rings is 1. The fraction of sp³-hybridized carbons (Fsp3) is 0.478. The van der Waals surface area contributed by atoms with Crippen LogP contribution in [0.1, 0.15) is 48.3 Å². The van der Waals surface area contributed by atoms with Gasteiger partial charge < -0.3 is 16.0 Å². The summed E-state index contributed by atoms with van der Waals surface area (Å²) in [4.78, 5) is 43.0. The van der Waals surface area contributed by atoms with Gasteiger partial charge in [-0.2, -0.15) is 4.98 Å². The number of thioether (sulfide) groups is 1. The summed E-state index contributed by atoms with van der Waals surface area (Å²) < 4.78 is 1.83. The first-order valence-electron chi connectivity index (χ1n) is 11.1. The minimum atomic E-state index is -0.513. The normalized spacial score (nSPS) is 13.1. The number of nitrogens with two attached hydrogens (primary N) is 1. The Balaban J connectivity index is 1.69. The van der Waals surface area contributed by atoms with E-state index < -0.39 is 5.91 Å². The summed E-state index contributed by atoms with van der Waals surface area (Å²) in [7, 11) is 0. The molecular weight excluding hydrogens is 426 g/mol. The number of hydrogen-bond acceptors (Lipinski definition) is 6. The lowest BCUT2D eigenvalue weighted by atomic mass is 9.97. The lowest BCUT2D eigenvalue weighted by Crippen LogP contribution is -2.35. The number of carbonyl (C=O) groups is 2. The fourth-order valence-corrected chi connectivity index (χ4v) is 4.80. The Labute approximate surface area is 192 Å². The number of hydrogen-bond donors (Lipinski definition) is 2. The van der Waals surface area contributed by atoms with Crippen molar-refractivity contribution in [3.05, 3.63) is 51.6 Å². The zero-order valence-corrected chi connectivity index (χ0v) is 19.5. The van der Waals surface area contributed by atoms with E-state index >= 15 is 0 Å². The highest BCUT2D eigenvalue weighted by Crippen LogP contribution is 2.28. The highest BCUT2D eigenvalue weighted by Gasteiger charge is 2.21. The summed E-state index contributed by atoms with van der Waals surface area (Å²) in [6, 6.07) is 6.42. The summed E-state index contributed by atoms with van der Waals surface area (Å²) in [5.41, 5.74) is 8.16. The van der Waals surface area contributed by atoms with E-state index in [2.05, 4.69) is 29.0 Å². The molecule has 2 amide bonds. The predicted molar refractivity (Wildman–Crippen MR) is 127 cm³/mol. The van der Waals surface area contributed by atoms with E-state index in [1.165, 1.54) is 11.8 Å². The zero-order valence-electron chi connectivity index (χ0n) is 18.7. The van der Waals surface area contributed by atoms with Crippen LogP contribution in [-0.4, -0.2) is 51.7 Å². The maximum absolute atomic E-state index is 12.8. The molecule has 172 valence electrons. The molecule has 0 bridgehead atoms. The molecule has 0 atom stereocenters.